The molecule has 0 aromatic carbocycles. The minimum absolute atomic E-state index is 0.224. The van der Waals surface area contributed by atoms with E-state index in [1.807, 2.05) is 13.8 Å². The first kappa shape index (κ1) is 14.8. The number of carboxylic acids is 1. The Morgan fingerprint density at radius 1 is 1.32 bits per heavy atom. The Hall–Kier alpha value is -0.610. The maximum absolute atomic E-state index is 11.2. The molecule has 2 aliphatic rings. The smallest absolute Gasteiger partial charge is 0.320 e. The Morgan fingerprint density at radius 3 is 2.74 bits per heavy atom. The Bertz CT molecular complexity index is 307. The van der Waals surface area contributed by atoms with Crippen LogP contribution in [-0.2, 0) is 4.79 Å². The van der Waals surface area contributed by atoms with Gasteiger partial charge in [0.1, 0.15) is 6.04 Å². The maximum Gasteiger partial charge on any atom is 0.320 e. The van der Waals surface area contributed by atoms with Crippen LogP contribution in [0.3, 0.4) is 0 Å². The number of nitrogens with one attached hydrogen (secondary N) is 1. The molecule has 4 heteroatoms. The Labute approximate surface area is 116 Å². The zero-order valence-corrected chi connectivity index (χ0v) is 12.3. The van der Waals surface area contributed by atoms with E-state index in [0.29, 0.717) is 0 Å². The van der Waals surface area contributed by atoms with Crippen molar-refractivity contribution in [3.8, 4) is 0 Å². The van der Waals surface area contributed by atoms with Crippen molar-refractivity contribution >= 4 is 5.97 Å². The summed E-state index contributed by atoms with van der Waals surface area (Å²) in [5.41, 5.74) is 0. The predicted octanol–water partition coefficient (Wildman–Crippen LogP) is 2.09. The van der Waals surface area contributed by atoms with Gasteiger partial charge in [0.25, 0.3) is 0 Å². The van der Waals surface area contributed by atoms with Gasteiger partial charge in [-0.15, -0.1) is 0 Å². The summed E-state index contributed by atoms with van der Waals surface area (Å²) in [6.45, 7) is 6.10. The summed E-state index contributed by atoms with van der Waals surface area (Å²) in [5.74, 6) is 0.170. The van der Waals surface area contributed by atoms with Crippen LogP contribution < -0.4 is 5.32 Å². The van der Waals surface area contributed by atoms with Crippen molar-refractivity contribution in [3.63, 3.8) is 0 Å². The SMILES string of the molecule is CC(C)NC(CCN1CCC2CCCCC21)C(=O)O. The van der Waals surface area contributed by atoms with E-state index < -0.39 is 12.0 Å². The van der Waals surface area contributed by atoms with Crippen LogP contribution in [0.25, 0.3) is 0 Å². The van der Waals surface area contributed by atoms with Gasteiger partial charge in [0.15, 0.2) is 0 Å². The number of fused-ring (bicyclic) bond motifs is 1. The van der Waals surface area contributed by atoms with Gasteiger partial charge in [-0.25, -0.2) is 0 Å². The molecule has 2 fully saturated rings. The minimum Gasteiger partial charge on any atom is -0.480 e. The minimum atomic E-state index is -0.715. The van der Waals surface area contributed by atoms with Gasteiger partial charge in [-0.2, -0.15) is 0 Å². The molecule has 0 aromatic rings. The van der Waals surface area contributed by atoms with Crippen LogP contribution in [0.4, 0.5) is 0 Å². The normalized spacial score (nSPS) is 29.4. The molecule has 2 rings (SSSR count). The number of likely N-dealkylation sites (tertiary alicyclic amines) is 1. The summed E-state index contributed by atoms with van der Waals surface area (Å²) in [6.07, 6.45) is 7.48. The van der Waals surface area contributed by atoms with Crippen molar-refractivity contribution in [2.24, 2.45) is 5.92 Å². The molecule has 1 saturated heterocycles. The van der Waals surface area contributed by atoms with Crippen molar-refractivity contribution in [1.29, 1.82) is 0 Å². The highest BCUT2D eigenvalue weighted by molar-refractivity contribution is 5.73. The average molecular weight is 268 g/mol. The molecule has 4 nitrogen and oxygen atoms in total. The van der Waals surface area contributed by atoms with E-state index >= 15 is 0 Å². The molecular formula is C15H28N2O2. The summed E-state index contributed by atoms with van der Waals surface area (Å²) in [5, 5.41) is 12.4. The summed E-state index contributed by atoms with van der Waals surface area (Å²) in [4.78, 5) is 13.8. The van der Waals surface area contributed by atoms with Crippen LogP contribution in [0.5, 0.6) is 0 Å². The zero-order valence-electron chi connectivity index (χ0n) is 12.3. The second-order valence-electron chi connectivity index (χ2n) is 6.44. The predicted molar refractivity (Wildman–Crippen MR) is 76.2 cm³/mol. The van der Waals surface area contributed by atoms with Gasteiger partial charge in [-0.3, -0.25) is 4.79 Å². The third-order valence-corrected chi connectivity index (χ3v) is 4.66. The number of hydrogen-bond acceptors (Lipinski definition) is 3. The van der Waals surface area contributed by atoms with Crippen LogP contribution in [0.2, 0.25) is 0 Å². The van der Waals surface area contributed by atoms with E-state index in [4.69, 9.17) is 0 Å². The van der Waals surface area contributed by atoms with Gasteiger partial charge in [0.05, 0.1) is 0 Å². The molecule has 3 atom stereocenters. The monoisotopic (exact) mass is 268 g/mol. The summed E-state index contributed by atoms with van der Waals surface area (Å²) in [6, 6.07) is 0.562. The lowest BCUT2D eigenvalue weighted by atomic mass is 9.85. The largest absolute Gasteiger partial charge is 0.480 e. The molecule has 1 aliphatic heterocycles. The first-order chi connectivity index (χ1) is 9.08. The fourth-order valence-corrected chi connectivity index (χ4v) is 3.76. The molecule has 3 unspecified atom stereocenters. The highest BCUT2D eigenvalue weighted by Crippen LogP contribution is 2.36. The van der Waals surface area contributed by atoms with Crippen molar-refractivity contribution in [1.82, 2.24) is 10.2 Å². The maximum atomic E-state index is 11.2. The van der Waals surface area contributed by atoms with Gasteiger partial charge in [-0.1, -0.05) is 26.7 Å². The van der Waals surface area contributed by atoms with Crippen LogP contribution >= 0.6 is 0 Å². The molecule has 110 valence electrons. The Kier molecular flexibility index (Phi) is 5.22. The number of nitrogens with zero attached hydrogens (tertiary/aromatic N) is 1. The van der Waals surface area contributed by atoms with E-state index in [0.717, 1.165) is 24.9 Å². The van der Waals surface area contributed by atoms with Gasteiger partial charge < -0.3 is 15.3 Å². The molecule has 0 amide bonds. The average Bonchev–Trinajstić information content (AvgIpc) is 2.77. The number of aliphatic carboxylic acids is 1. The molecule has 1 saturated carbocycles. The molecule has 19 heavy (non-hydrogen) atoms. The lowest BCUT2D eigenvalue weighted by molar-refractivity contribution is -0.140. The molecule has 0 bridgehead atoms. The van der Waals surface area contributed by atoms with Crippen molar-refractivity contribution in [3.05, 3.63) is 0 Å². The van der Waals surface area contributed by atoms with Gasteiger partial charge in [0, 0.05) is 18.6 Å². The summed E-state index contributed by atoms with van der Waals surface area (Å²) in [7, 11) is 0. The molecule has 0 aromatic heterocycles. The van der Waals surface area contributed by atoms with Crippen LogP contribution in [-0.4, -0.2) is 47.2 Å². The van der Waals surface area contributed by atoms with Gasteiger partial charge >= 0.3 is 5.97 Å². The first-order valence-electron chi connectivity index (χ1n) is 7.81. The quantitative estimate of drug-likeness (QED) is 0.774. The Morgan fingerprint density at radius 2 is 2.05 bits per heavy atom. The number of hydrogen-bond donors (Lipinski definition) is 2. The fourth-order valence-electron chi connectivity index (χ4n) is 3.76. The zero-order chi connectivity index (χ0) is 13.8. The van der Waals surface area contributed by atoms with Crippen LogP contribution in [0.1, 0.15) is 52.4 Å². The lowest BCUT2D eigenvalue weighted by Gasteiger charge is -2.32. The molecular weight excluding hydrogens is 240 g/mol. The van der Waals surface area contributed by atoms with Gasteiger partial charge in [0.2, 0.25) is 0 Å². The molecule has 1 heterocycles. The second kappa shape index (κ2) is 6.71. The van der Waals surface area contributed by atoms with Crippen LogP contribution in [0, 0.1) is 5.92 Å². The first-order valence-corrected chi connectivity index (χ1v) is 7.81. The van der Waals surface area contributed by atoms with Crippen molar-refractivity contribution in [2.45, 2.75) is 70.5 Å². The Balaban J connectivity index is 1.81. The lowest BCUT2D eigenvalue weighted by Crippen LogP contribution is -2.44. The topological polar surface area (TPSA) is 52.6 Å². The highest BCUT2D eigenvalue weighted by Gasteiger charge is 2.35. The van der Waals surface area contributed by atoms with E-state index in [1.54, 1.807) is 0 Å². The third kappa shape index (κ3) is 3.93. The van der Waals surface area contributed by atoms with Gasteiger partial charge in [-0.05, 0) is 38.1 Å². The summed E-state index contributed by atoms with van der Waals surface area (Å²) < 4.78 is 0. The second-order valence-corrected chi connectivity index (χ2v) is 6.44. The summed E-state index contributed by atoms with van der Waals surface area (Å²) >= 11 is 0. The van der Waals surface area contributed by atoms with E-state index in [9.17, 15) is 9.90 Å². The highest BCUT2D eigenvalue weighted by atomic mass is 16.4. The van der Waals surface area contributed by atoms with Crippen molar-refractivity contribution in [2.75, 3.05) is 13.1 Å². The van der Waals surface area contributed by atoms with Crippen molar-refractivity contribution < 1.29 is 9.90 Å². The van der Waals surface area contributed by atoms with E-state index in [1.165, 1.54) is 38.6 Å². The van der Waals surface area contributed by atoms with E-state index in [-0.39, 0.29) is 6.04 Å². The number of carbonyl (C=O) groups is 1. The molecule has 0 spiro atoms. The molecule has 0 radical (unpaired) electrons. The fraction of sp³-hybridized carbons (Fsp3) is 0.933. The molecule has 1 aliphatic carbocycles. The number of carboxylic acid groups (broad SMARTS) is 1. The number of rotatable bonds is 6. The molecule has 2 N–H and O–H groups in total. The van der Waals surface area contributed by atoms with E-state index in [2.05, 4.69) is 10.2 Å². The third-order valence-electron chi connectivity index (χ3n) is 4.66. The van der Waals surface area contributed by atoms with Crippen LogP contribution in [0.15, 0.2) is 0 Å². The standard InChI is InChI=1S/C15H28N2O2/c1-11(2)16-13(15(18)19)8-10-17-9-7-12-5-3-4-6-14(12)17/h11-14,16H,3-10H2,1-2H3,(H,18,19).